The summed E-state index contributed by atoms with van der Waals surface area (Å²) in [6, 6.07) is 9.54. The molecule has 0 bridgehead atoms. The molecule has 1 aromatic rings. The van der Waals surface area contributed by atoms with Crippen molar-refractivity contribution in [2.24, 2.45) is 0 Å². The summed E-state index contributed by atoms with van der Waals surface area (Å²) in [7, 11) is -0.927. The number of halogens is 1. The SMILES string of the molecule is C[Si](C)(C)C/C=C\CCCCC#CC(O)CCCc1ccccc1Br. The van der Waals surface area contributed by atoms with Gasteiger partial charge in [0.1, 0.15) is 6.10 Å². The molecule has 0 radical (unpaired) electrons. The number of hydrogen-bond acceptors (Lipinski definition) is 1. The van der Waals surface area contributed by atoms with Crippen molar-refractivity contribution in [3.8, 4) is 11.8 Å². The van der Waals surface area contributed by atoms with Gasteiger partial charge in [0.25, 0.3) is 0 Å². The van der Waals surface area contributed by atoms with Crippen LogP contribution in [0.3, 0.4) is 0 Å². The van der Waals surface area contributed by atoms with Crippen LogP contribution in [-0.2, 0) is 6.42 Å². The number of allylic oxidation sites excluding steroid dienone is 2. The first-order valence-corrected chi connectivity index (χ1v) is 13.9. The van der Waals surface area contributed by atoms with E-state index in [1.54, 1.807) is 0 Å². The average Bonchev–Trinajstić information content (AvgIpc) is 2.54. The molecule has 1 N–H and O–H groups in total. The lowest BCUT2D eigenvalue weighted by molar-refractivity contribution is 0.219. The molecule has 0 aliphatic rings. The quantitative estimate of drug-likeness (QED) is 0.196. The zero-order chi connectivity index (χ0) is 18.5. The maximum Gasteiger partial charge on any atom is 0.114 e. The monoisotopic (exact) mass is 420 g/mol. The van der Waals surface area contributed by atoms with Gasteiger partial charge < -0.3 is 5.11 Å². The number of unbranched alkanes of at least 4 members (excludes halogenated alkanes) is 3. The Labute approximate surface area is 164 Å². The minimum Gasteiger partial charge on any atom is -0.380 e. The molecule has 1 aromatic carbocycles. The standard InChI is InChI=1S/C22H33BrOSi/c1-25(2,3)19-12-8-6-4-5-7-9-16-21(24)17-13-15-20-14-10-11-18-22(20)23/h8,10-12,14,18,21,24H,4-7,13,15,17,19H2,1-3H3/b12-8-. The van der Waals surface area contributed by atoms with E-state index in [0.29, 0.717) is 0 Å². The molecule has 138 valence electrons. The van der Waals surface area contributed by atoms with Crippen molar-refractivity contribution in [1.29, 1.82) is 0 Å². The molecule has 3 heteroatoms. The van der Waals surface area contributed by atoms with Crippen LogP contribution in [0.25, 0.3) is 0 Å². The van der Waals surface area contributed by atoms with Gasteiger partial charge in [-0.25, -0.2) is 0 Å². The van der Waals surface area contributed by atoms with Crippen molar-refractivity contribution in [2.45, 2.75) is 76.7 Å². The highest BCUT2D eigenvalue weighted by molar-refractivity contribution is 9.10. The molecule has 0 fully saturated rings. The van der Waals surface area contributed by atoms with E-state index in [1.165, 1.54) is 18.0 Å². The highest BCUT2D eigenvalue weighted by Gasteiger charge is 2.08. The second kappa shape index (κ2) is 12.5. The van der Waals surface area contributed by atoms with E-state index in [4.69, 9.17) is 0 Å². The number of aliphatic hydroxyl groups excluding tert-OH is 1. The van der Waals surface area contributed by atoms with Crippen LogP contribution in [-0.4, -0.2) is 19.3 Å². The zero-order valence-corrected chi connectivity index (χ0v) is 18.6. The van der Waals surface area contributed by atoms with E-state index in [9.17, 15) is 5.11 Å². The van der Waals surface area contributed by atoms with Crippen molar-refractivity contribution >= 4 is 24.0 Å². The average molecular weight is 421 g/mol. The van der Waals surface area contributed by atoms with Gasteiger partial charge in [-0.15, -0.1) is 5.92 Å². The summed E-state index contributed by atoms with van der Waals surface area (Å²) in [5.41, 5.74) is 1.30. The Balaban J connectivity index is 2.08. The molecule has 0 saturated carbocycles. The van der Waals surface area contributed by atoms with Crippen molar-refractivity contribution in [3.05, 3.63) is 46.5 Å². The molecule has 25 heavy (non-hydrogen) atoms. The first-order valence-electron chi connectivity index (χ1n) is 9.43. The van der Waals surface area contributed by atoms with E-state index >= 15 is 0 Å². The molecular weight excluding hydrogens is 388 g/mol. The number of rotatable bonds is 10. The fourth-order valence-electron chi connectivity index (χ4n) is 2.48. The van der Waals surface area contributed by atoms with Gasteiger partial charge in [-0.2, -0.15) is 0 Å². The first kappa shape index (κ1) is 22.2. The zero-order valence-electron chi connectivity index (χ0n) is 16.0. The summed E-state index contributed by atoms with van der Waals surface area (Å²) in [6.45, 7) is 7.20. The topological polar surface area (TPSA) is 20.2 Å². The van der Waals surface area contributed by atoms with Crippen molar-refractivity contribution in [3.63, 3.8) is 0 Å². The van der Waals surface area contributed by atoms with Gasteiger partial charge in [-0.05, 0) is 56.2 Å². The Bertz CT molecular complexity index is 578. The molecule has 1 unspecified atom stereocenters. The third-order valence-corrected chi connectivity index (χ3v) is 6.20. The Morgan fingerprint density at radius 1 is 1.12 bits per heavy atom. The second-order valence-electron chi connectivity index (χ2n) is 7.80. The molecule has 0 saturated heterocycles. The second-order valence-corrected chi connectivity index (χ2v) is 14.2. The Morgan fingerprint density at radius 3 is 2.60 bits per heavy atom. The van der Waals surface area contributed by atoms with E-state index in [0.717, 1.165) is 43.0 Å². The van der Waals surface area contributed by atoms with Crippen molar-refractivity contribution in [1.82, 2.24) is 0 Å². The Morgan fingerprint density at radius 2 is 1.88 bits per heavy atom. The maximum absolute atomic E-state index is 9.95. The Kier molecular flexibility index (Phi) is 11.1. The highest BCUT2D eigenvalue weighted by Crippen LogP contribution is 2.18. The maximum atomic E-state index is 9.95. The van der Waals surface area contributed by atoms with Gasteiger partial charge in [-0.3, -0.25) is 0 Å². The predicted molar refractivity (Wildman–Crippen MR) is 117 cm³/mol. The fraction of sp³-hybridized carbons (Fsp3) is 0.545. The van der Waals surface area contributed by atoms with Crippen molar-refractivity contribution < 1.29 is 5.11 Å². The molecule has 1 atom stereocenters. The molecule has 0 aliphatic carbocycles. The lowest BCUT2D eigenvalue weighted by Crippen LogP contribution is -2.17. The normalized spacial score (nSPS) is 12.8. The minimum absolute atomic E-state index is 0.487. The smallest absolute Gasteiger partial charge is 0.114 e. The van der Waals surface area contributed by atoms with E-state index in [2.05, 4.69) is 77.8 Å². The molecule has 0 heterocycles. The lowest BCUT2D eigenvalue weighted by atomic mass is 10.1. The highest BCUT2D eigenvalue weighted by atomic mass is 79.9. The minimum atomic E-state index is -0.927. The first-order chi connectivity index (χ1) is 11.9. The molecule has 0 amide bonds. The van der Waals surface area contributed by atoms with Crippen LogP contribution < -0.4 is 0 Å². The van der Waals surface area contributed by atoms with Gasteiger partial charge in [0, 0.05) is 19.0 Å². The van der Waals surface area contributed by atoms with Crippen LogP contribution in [0.5, 0.6) is 0 Å². The van der Waals surface area contributed by atoms with Gasteiger partial charge in [-0.1, -0.05) is 71.8 Å². The summed E-state index contributed by atoms with van der Waals surface area (Å²) in [4.78, 5) is 0. The van der Waals surface area contributed by atoms with Crippen LogP contribution in [0.1, 0.15) is 44.1 Å². The molecule has 0 aromatic heterocycles. The summed E-state index contributed by atoms with van der Waals surface area (Å²) in [6.07, 6.45) is 11.2. The van der Waals surface area contributed by atoms with E-state index in [-0.39, 0.29) is 0 Å². The van der Waals surface area contributed by atoms with Crippen LogP contribution in [0.4, 0.5) is 0 Å². The summed E-state index contributed by atoms with van der Waals surface area (Å²) >= 11 is 3.56. The molecule has 0 spiro atoms. The van der Waals surface area contributed by atoms with Gasteiger partial charge in [0.05, 0.1) is 0 Å². The summed E-state index contributed by atoms with van der Waals surface area (Å²) in [5, 5.41) is 9.95. The molecule has 1 nitrogen and oxygen atoms in total. The van der Waals surface area contributed by atoms with E-state index < -0.39 is 14.2 Å². The predicted octanol–water partition coefficient (Wildman–Crippen LogP) is 6.59. The number of benzene rings is 1. The third kappa shape index (κ3) is 12.2. The molecule has 0 aliphatic heterocycles. The third-order valence-electron chi connectivity index (χ3n) is 3.97. The largest absolute Gasteiger partial charge is 0.380 e. The van der Waals surface area contributed by atoms with Gasteiger partial charge in [0.15, 0.2) is 0 Å². The molecular formula is C22H33BrOSi. The summed E-state index contributed by atoms with van der Waals surface area (Å²) in [5.74, 6) is 6.12. The Hall–Kier alpha value is -0.823. The number of aryl methyl sites for hydroxylation is 1. The number of aliphatic hydroxyl groups is 1. The fourth-order valence-corrected chi connectivity index (χ4v) is 3.84. The summed E-state index contributed by atoms with van der Waals surface area (Å²) < 4.78 is 1.15. The lowest BCUT2D eigenvalue weighted by Gasteiger charge is -2.11. The van der Waals surface area contributed by atoms with Crippen LogP contribution in [0, 0.1) is 11.8 Å². The van der Waals surface area contributed by atoms with Crippen LogP contribution in [0.2, 0.25) is 25.7 Å². The van der Waals surface area contributed by atoms with Gasteiger partial charge in [0.2, 0.25) is 0 Å². The van der Waals surface area contributed by atoms with Crippen molar-refractivity contribution in [2.75, 3.05) is 0 Å². The van der Waals surface area contributed by atoms with Crippen LogP contribution >= 0.6 is 15.9 Å². The van der Waals surface area contributed by atoms with E-state index in [1.807, 2.05) is 6.07 Å². The molecule has 1 rings (SSSR count). The van der Waals surface area contributed by atoms with Gasteiger partial charge >= 0.3 is 0 Å². The number of hydrogen-bond donors (Lipinski definition) is 1. The van der Waals surface area contributed by atoms with Crippen LogP contribution in [0.15, 0.2) is 40.9 Å².